The summed E-state index contributed by atoms with van der Waals surface area (Å²) in [6, 6.07) is 2.97. The number of carbonyl (C=O) groups excluding carboxylic acids is 1. The van der Waals surface area contributed by atoms with Gasteiger partial charge in [-0.1, -0.05) is 0 Å². The van der Waals surface area contributed by atoms with Crippen molar-refractivity contribution in [2.24, 2.45) is 0 Å². The molecule has 0 heterocycles. The van der Waals surface area contributed by atoms with E-state index >= 15 is 0 Å². The number of nitro groups is 1. The summed E-state index contributed by atoms with van der Waals surface area (Å²) in [4.78, 5) is 20.6. The fraction of sp³-hybridized carbons (Fsp3) is 0.222. The first kappa shape index (κ1) is 12.1. The molecule has 0 aliphatic carbocycles. The fourth-order valence-electron chi connectivity index (χ4n) is 1.04. The first-order chi connectivity index (χ1) is 7.54. The minimum Gasteiger partial charge on any atom is -0.375 e. The van der Waals surface area contributed by atoms with Crippen molar-refractivity contribution in [3.63, 3.8) is 0 Å². The summed E-state index contributed by atoms with van der Waals surface area (Å²) in [5, 5.41) is 12.5. The van der Waals surface area contributed by atoms with Gasteiger partial charge in [0.15, 0.2) is 5.82 Å². The van der Waals surface area contributed by atoms with Crippen molar-refractivity contribution < 1.29 is 18.8 Å². The number of benzene rings is 1. The molecule has 0 saturated carbocycles. The van der Waals surface area contributed by atoms with Crippen LogP contribution in [0.5, 0.6) is 0 Å². The molecular weight excluding hydrogens is 219 g/mol. The molecule has 0 atom stereocenters. The number of halogens is 1. The molecule has 0 aliphatic rings. The molecule has 6 nitrogen and oxygen atoms in total. The smallest absolute Gasteiger partial charge is 0.272 e. The highest BCUT2D eigenvalue weighted by Gasteiger charge is 2.12. The zero-order valence-corrected chi connectivity index (χ0v) is 8.40. The molecule has 0 aliphatic heterocycles. The number of rotatable bonds is 4. The summed E-state index contributed by atoms with van der Waals surface area (Å²) >= 11 is 0. The molecule has 16 heavy (non-hydrogen) atoms. The Bertz CT molecular complexity index is 422. The third kappa shape index (κ3) is 2.99. The quantitative estimate of drug-likeness (QED) is 0.622. The second-order valence-corrected chi connectivity index (χ2v) is 2.90. The molecule has 0 fully saturated rings. The highest BCUT2D eigenvalue weighted by Crippen LogP contribution is 2.20. The largest absolute Gasteiger partial charge is 0.375 e. The SMILES string of the molecule is COCC(=O)Nc1ccc([N+](=O)[O-])cc1F. The number of ether oxygens (including phenoxy) is 1. The van der Waals surface area contributed by atoms with Gasteiger partial charge in [-0.25, -0.2) is 4.39 Å². The first-order valence-electron chi connectivity index (χ1n) is 4.27. The molecule has 1 aromatic carbocycles. The van der Waals surface area contributed by atoms with Gasteiger partial charge in [0, 0.05) is 13.2 Å². The van der Waals surface area contributed by atoms with Crippen molar-refractivity contribution in [2.45, 2.75) is 0 Å². The van der Waals surface area contributed by atoms with Crippen molar-refractivity contribution in [1.82, 2.24) is 0 Å². The van der Waals surface area contributed by atoms with E-state index in [9.17, 15) is 19.3 Å². The molecule has 0 saturated heterocycles. The molecule has 7 heteroatoms. The number of nitrogens with zero attached hydrogens (tertiary/aromatic N) is 1. The molecular formula is C9H9FN2O4. The Labute approximate surface area is 90.2 Å². The van der Waals surface area contributed by atoms with Crippen molar-refractivity contribution in [3.8, 4) is 0 Å². The first-order valence-corrected chi connectivity index (χ1v) is 4.27. The van der Waals surface area contributed by atoms with Gasteiger partial charge in [0.05, 0.1) is 16.7 Å². The van der Waals surface area contributed by atoms with Gasteiger partial charge in [-0.05, 0) is 6.07 Å². The van der Waals surface area contributed by atoms with Crippen molar-refractivity contribution in [1.29, 1.82) is 0 Å². The van der Waals surface area contributed by atoms with Gasteiger partial charge < -0.3 is 10.1 Å². The topological polar surface area (TPSA) is 81.5 Å². The Hall–Kier alpha value is -2.02. The van der Waals surface area contributed by atoms with Gasteiger partial charge in [-0.3, -0.25) is 14.9 Å². The summed E-state index contributed by atoms with van der Waals surface area (Å²) in [6.07, 6.45) is 0. The zero-order chi connectivity index (χ0) is 12.1. The maximum absolute atomic E-state index is 13.3. The van der Waals surface area contributed by atoms with Crippen LogP contribution in [-0.4, -0.2) is 24.5 Å². The Balaban J connectivity index is 2.83. The number of amides is 1. The number of nitrogens with one attached hydrogen (secondary N) is 1. The van der Waals surface area contributed by atoms with Gasteiger partial charge in [0.25, 0.3) is 5.69 Å². The van der Waals surface area contributed by atoms with Gasteiger partial charge in [-0.2, -0.15) is 0 Å². The van der Waals surface area contributed by atoms with E-state index in [0.717, 1.165) is 18.2 Å². The fourth-order valence-corrected chi connectivity index (χ4v) is 1.04. The van der Waals surface area contributed by atoms with Crippen LogP contribution in [0.25, 0.3) is 0 Å². The molecule has 1 rings (SSSR count). The van der Waals surface area contributed by atoms with Crippen LogP contribution in [0.4, 0.5) is 15.8 Å². The van der Waals surface area contributed by atoms with Gasteiger partial charge in [-0.15, -0.1) is 0 Å². The molecule has 0 spiro atoms. The average molecular weight is 228 g/mol. The Morgan fingerprint density at radius 3 is 2.81 bits per heavy atom. The lowest BCUT2D eigenvalue weighted by atomic mass is 10.2. The number of non-ortho nitro benzene ring substituents is 1. The lowest BCUT2D eigenvalue weighted by Gasteiger charge is -2.05. The number of anilines is 1. The number of hydrogen-bond acceptors (Lipinski definition) is 4. The summed E-state index contributed by atoms with van der Waals surface area (Å²) in [5.41, 5.74) is -0.491. The molecule has 0 unspecified atom stereocenters. The molecule has 0 radical (unpaired) electrons. The average Bonchev–Trinajstić information content (AvgIpc) is 2.21. The van der Waals surface area contributed by atoms with Crippen LogP contribution in [0, 0.1) is 15.9 Å². The Morgan fingerprint density at radius 2 is 2.31 bits per heavy atom. The van der Waals surface area contributed by atoms with E-state index in [0.29, 0.717) is 0 Å². The van der Waals surface area contributed by atoms with Crippen molar-refractivity contribution in [3.05, 3.63) is 34.1 Å². The Morgan fingerprint density at radius 1 is 1.62 bits per heavy atom. The highest BCUT2D eigenvalue weighted by molar-refractivity contribution is 5.91. The molecule has 0 bridgehead atoms. The van der Waals surface area contributed by atoms with Gasteiger partial charge in [0.1, 0.15) is 6.61 Å². The third-order valence-corrected chi connectivity index (χ3v) is 1.71. The predicted molar refractivity (Wildman–Crippen MR) is 53.6 cm³/mol. The number of hydrogen-bond donors (Lipinski definition) is 1. The van der Waals surface area contributed by atoms with Crippen LogP contribution in [0.3, 0.4) is 0 Å². The second-order valence-electron chi connectivity index (χ2n) is 2.90. The summed E-state index contributed by atoms with van der Waals surface area (Å²) in [6.45, 7) is -0.212. The van der Waals surface area contributed by atoms with Crippen LogP contribution in [-0.2, 0) is 9.53 Å². The molecule has 1 N–H and O–H groups in total. The van der Waals surface area contributed by atoms with Crippen LogP contribution < -0.4 is 5.32 Å². The Kier molecular flexibility index (Phi) is 3.90. The highest BCUT2D eigenvalue weighted by atomic mass is 19.1. The lowest BCUT2D eigenvalue weighted by Crippen LogP contribution is -2.17. The van der Waals surface area contributed by atoms with Crippen molar-refractivity contribution >= 4 is 17.3 Å². The normalized spacial score (nSPS) is 9.88. The molecule has 1 aromatic rings. The predicted octanol–water partition coefficient (Wildman–Crippen LogP) is 1.32. The summed E-state index contributed by atoms with van der Waals surface area (Å²) in [5.74, 6) is -1.39. The maximum atomic E-state index is 13.3. The minimum atomic E-state index is -0.862. The minimum absolute atomic E-state index is 0.118. The third-order valence-electron chi connectivity index (χ3n) is 1.71. The van der Waals surface area contributed by atoms with E-state index in [1.807, 2.05) is 0 Å². The van der Waals surface area contributed by atoms with E-state index < -0.39 is 16.6 Å². The number of nitro benzene ring substituents is 1. The van der Waals surface area contributed by atoms with Crippen molar-refractivity contribution in [2.75, 3.05) is 19.0 Å². The second kappa shape index (κ2) is 5.17. The van der Waals surface area contributed by atoms with Crippen LogP contribution in [0.1, 0.15) is 0 Å². The zero-order valence-electron chi connectivity index (χ0n) is 8.40. The lowest BCUT2D eigenvalue weighted by molar-refractivity contribution is -0.385. The van der Waals surface area contributed by atoms with E-state index in [4.69, 9.17) is 0 Å². The molecule has 1 amide bonds. The standard InChI is InChI=1S/C9H9FN2O4/c1-16-5-9(13)11-8-3-2-6(12(14)15)4-7(8)10/h2-4H,5H2,1H3,(H,11,13). The van der Waals surface area contributed by atoms with Gasteiger partial charge in [0.2, 0.25) is 5.91 Å². The van der Waals surface area contributed by atoms with E-state index in [1.165, 1.54) is 7.11 Å². The van der Waals surface area contributed by atoms with E-state index in [-0.39, 0.29) is 18.0 Å². The summed E-state index contributed by atoms with van der Waals surface area (Å²) in [7, 11) is 1.33. The van der Waals surface area contributed by atoms with Crippen LogP contribution in [0.2, 0.25) is 0 Å². The van der Waals surface area contributed by atoms with Gasteiger partial charge >= 0.3 is 0 Å². The molecule has 86 valence electrons. The van der Waals surface area contributed by atoms with E-state index in [1.54, 1.807) is 0 Å². The number of methoxy groups -OCH3 is 1. The van der Waals surface area contributed by atoms with Crippen LogP contribution >= 0.6 is 0 Å². The number of carbonyl (C=O) groups is 1. The maximum Gasteiger partial charge on any atom is 0.272 e. The van der Waals surface area contributed by atoms with Crippen LogP contribution in [0.15, 0.2) is 18.2 Å². The molecule has 0 aromatic heterocycles. The van der Waals surface area contributed by atoms with E-state index in [2.05, 4.69) is 10.1 Å². The monoisotopic (exact) mass is 228 g/mol. The summed E-state index contributed by atoms with van der Waals surface area (Å²) < 4.78 is 17.8.